The van der Waals surface area contributed by atoms with Crippen LogP contribution in [-0.2, 0) is 19.3 Å². The lowest BCUT2D eigenvalue weighted by Gasteiger charge is -2.17. The van der Waals surface area contributed by atoms with Gasteiger partial charge in [0.2, 0.25) is 5.82 Å². The molecule has 1 aliphatic rings. The number of carbonyl (C=O) groups excluding carboxylic acids is 2. The summed E-state index contributed by atoms with van der Waals surface area (Å²) in [7, 11) is 0. The SMILES string of the molecule is CCc1cc2c(c(CC)c1CC)C(=O)N(c1c(F)c(F)c(F)c(F)c1F)C2=O. The second kappa shape index (κ2) is 7.00. The third kappa shape index (κ3) is 2.54. The lowest BCUT2D eigenvalue weighted by molar-refractivity contribution is 0.0922. The molecule has 2 aromatic rings. The van der Waals surface area contributed by atoms with Gasteiger partial charge < -0.3 is 0 Å². The van der Waals surface area contributed by atoms with Crippen molar-refractivity contribution in [3.63, 3.8) is 0 Å². The molecule has 0 aliphatic carbocycles. The van der Waals surface area contributed by atoms with Crippen LogP contribution in [0.15, 0.2) is 6.07 Å². The highest BCUT2D eigenvalue weighted by Crippen LogP contribution is 2.38. The van der Waals surface area contributed by atoms with E-state index in [4.69, 9.17) is 0 Å². The molecule has 0 bridgehead atoms. The molecule has 2 amide bonds. The monoisotopic (exact) mass is 397 g/mol. The predicted octanol–water partition coefficient (Wildman–Crippen LogP) is 4.87. The van der Waals surface area contributed by atoms with Crippen molar-refractivity contribution in [2.45, 2.75) is 40.0 Å². The van der Waals surface area contributed by atoms with Gasteiger partial charge in [-0.3, -0.25) is 9.59 Å². The first-order chi connectivity index (χ1) is 13.2. The van der Waals surface area contributed by atoms with Crippen LogP contribution >= 0.6 is 0 Å². The molecular weight excluding hydrogens is 381 g/mol. The zero-order chi connectivity index (χ0) is 20.9. The van der Waals surface area contributed by atoms with Crippen molar-refractivity contribution in [1.29, 1.82) is 0 Å². The molecule has 3 nitrogen and oxygen atoms in total. The summed E-state index contributed by atoms with van der Waals surface area (Å²) in [5.41, 5.74) is 0.468. The van der Waals surface area contributed by atoms with Crippen LogP contribution in [0.25, 0.3) is 0 Å². The van der Waals surface area contributed by atoms with E-state index in [-0.39, 0.29) is 16.0 Å². The normalized spacial score (nSPS) is 13.5. The van der Waals surface area contributed by atoms with Gasteiger partial charge in [0.15, 0.2) is 23.3 Å². The average molecular weight is 397 g/mol. The molecule has 1 aliphatic heterocycles. The Morgan fingerprint density at radius 1 is 0.714 bits per heavy atom. The first-order valence-electron chi connectivity index (χ1n) is 8.78. The van der Waals surface area contributed by atoms with Gasteiger partial charge in [-0.05, 0) is 42.0 Å². The van der Waals surface area contributed by atoms with Crippen molar-refractivity contribution in [3.8, 4) is 0 Å². The van der Waals surface area contributed by atoms with Crippen molar-refractivity contribution in [2.24, 2.45) is 0 Å². The summed E-state index contributed by atoms with van der Waals surface area (Å²) in [5.74, 6) is -13.5. The Balaban J connectivity index is 2.32. The lowest BCUT2D eigenvalue weighted by atomic mass is 9.88. The summed E-state index contributed by atoms with van der Waals surface area (Å²) in [6.45, 7) is 5.47. The third-order valence-corrected chi connectivity index (χ3v) is 4.99. The highest BCUT2D eigenvalue weighted by Gasteiger charge is 2.44. The highest BCUT2D eigenvalue weighted by molar-refractivity contribution is 6.35. The van der Waals surface area contributed by atoms with Crippen LogP contribution in [0.4, 0.5) is 27.6 Å². The van der Waals surface area contributed by atoms with Crippen LogP contribution in [0.3, 0.4) is 0 Å². The van der Waals surface area contributed by atoms with E-state index in [0.29, 0.717) is 24.8 Å². The van der Waals surface area contributed by atoms with Crippen molar-refractivity contribution in [2.75, 3.05) is 4.90 Å². The quantitative estimate of drug-likeness (QED) is 0.320. The number of rotatable bonds is 4. The standard InChI is InChI=1S/C20H16F5NO2/c1-4-8-7-11-12(10(6-3)9(8)5-2)20(28)26(19(11)27)18-16(24)14(22)13(21)15(23)17(18)25/h7H,4-6H2,1-3H3. The lowest BCUT2D eigenvalue weighted by Crippen LogP contribution is -2.32. The minimum atomic E-state index is -2.36. The van der Waals surface area contributed by atoms with Crippen LogP contribution in [-0.4, -0.2) is 11.8 Å². The number of halogens is 5. The van der Waals surface area contributed by atoms with Crippen molar-refractivity contribution < 1.29 is 31.5 Å². The summed E-state index contributed by atoms with van der Waals surface area (Å²) < 4.78 is 69.0. The fourth-order valence-electron chi connectivity index (χ4n) is 3.72. The molecule has 8 heteroatoms. The predicted molar refractivity (Wildman–Crippen MR) is 91.9 cm³/mol. The minimum absolute atomic E-state index is 0.0406. The average Bonchev–Trinajstić information content (AvgIpc) is 2.94. The number of hydrogen-bond donors (Lipinski definition) is 0. The topological polar surface area (TPSA) is 37.4 Å². The number of carbonyl (C=O) groups is 2. The van der Waals surface area contributed by atoms with Gasteiger partial charge >= 0.3 is 0 Å². The molecule has 0 N–H and O–H groups in total. The Kier molecular flexibility index (Phi) is 4.99. The molecule has 3 rings (SSSR count). The smallest absolute Gasteiger partial charge is 0.266 e. The van der Waals surface area contributed by atoms with Gasteiger partial charge in [-0.1, -0.05) is 20.8 Å². The number of anilines is 1. The molecule has 0 saturated heterocycles. The molecule has 0 unspecified atom stereocenters. The number of fused-ring (bicyclic) bond motifs is 1. The van der Waals surface area contributed by atoms with E-state index in [1.54, 1.807) is 6.92 Å². The van der Waals surface area contributed by atoms with Gasteiger partial charge in [-0.2, -0.15) is 0 Å². The van der Waals surface area contributed by atoms with Crippen molar-refractivity contribution in [3.05, 3.63) is 63.0 Å². The second-order valence-corrected chi connectivity index (χ2v) is 6.34. The fourth-order valence-corrected chi connectivity index (χ4v) is 3.72. The third-order valence-electron chi connectivity index (χ3n) is 4.99. The maximum Gasteiger partial charge on any atom is 0.266 e. The summed E-state index contributed by atoms with van der Waals surface area (Å²) in [6, 6.07) is 1.46. The van der Waals surface area contributed by atoms with Crippen LogP contribution < -0.4 is 4.90 Å². The van der Waals surface area contributed by atoms with Gasteiger partial charge in [0.1, 0.15) is 5.69 Å². The maximum absolute atomic E-state index is 14.2. The number of imide groups is 1. The molecule has 0 spiro atoms. The molecule has 2 aromatic carbocycles. The summed E-state index contributed by atoms with van der Waals surface area (Å²) in [6.07, 6.45) is 1.47. The van der Waals surface area contributed by atoms with Crippen LogP contribution in [0.5, 0.6) is 0 Å². The highest BCUT2D eigenvalue weighted by atomic mass is 19.2. The summed E-state index contributed by atoms with van der Waals surface area (Å²) in [4.78, 5) is 25.7. The maximum atomic E-state index is 14.2. The summed E-state index contributed by atoms with van der Waals surface area (Å²) in [5, 5.41) is 0. The van der Waals surface area contributed by atoms with Gasteiger partial charge in [0.05, 0.1) is 11.1 Å². The van der Waals surface area contributed by atoms with Gasteiger partial charge in [-0.25, -0.2) is 26.9 Å². The van der Waals surface area contributed by atoms with Crippen LogP contribution in [0.1, 0.15) is 58.2 Å². The zero-order valence-corrected chi connectivity index (χ0v) is 15.4. The van der Waals surface area contributed by atoms with E-state index in [0.717, 1.165) is 11.1 Å². The Bertz CT molecular complexity index is 1000. The number of amides is 2. The Morgan fingerprint density at radius 2 is 1.21 bits per heavy atom. The molecule has 0 aromatic heterocycles. The number of aryl methyl sites for hydroxylation is 1. The molecule has 0 atom stereocenters. The summed E-state index contributed by atoms with van der Waals surface area (Å²) >= 11 is 0. The fraction of sp³-hybridized carbons (Fsp3) is 0.300. The largest absolute Gasteiger partial charge is 0.268 e. The number of hydrogen-bond acceptors (Lipinski definition) is 2. The molecule has 148 valence electrons. The van der Waals surface area contributed by atoms with Crippen molar-refractivity contribution >= 4 is 17.5 Å². The van der Waals surface area contributed by atoms with Gasteiger partial charge in [0, 0.05) is 0 Å². The van der Waals surface area contributed by atoms with E-state index in [9.17, 15) is 31.5 Å². The molecule has 0 fully saturated rings. The number of nitrogens with zero attached hydrogens (tertiary/aromatic N) is 1. The van der Waals surface area contributed by atoms with Crippen LogP contribution in [0.2, 0.25) is 0 Å². The first-order valence-corrected chi connectivity index (χ1v) is 8.78. The molecule has 0 saturated carbocycles. The van der Waals surface area contributed by atoms with Crippen molar-refractivity contribution in [1.82, 2.24) is 0 Å². The Labute approximate surface area is 157 Å². The zero-order valence-electron chi connectivity index (χ0n) is 15.4. The first kappa shape index (κ1) is 20.0. The Hall–Kier alpha value is -2.77. The molecule has 28 heavy (non-hydrogen) atoms. The van der Waals surface area contributed by atoms with E-state index >= 15 is 0 Å². The van der Waals surface area contributed by atoms with E-state index in [1.165, 1.54) is 6.07 Å². The van der Waals surface area contributed by atoms with Gasteiger partial charge in [-0.15, -0.1) is 0 Å². The van der Waals surface area contributed by atoms with E-state index in [1.807, 2.05) is 13.8 Å². The number of benzene rings is 2. The van der Waals surface area contributed by atoms with E-state index in [2.05, 4.69) is 0 Å². The minimum Gasteiger partial charge on any atom is -0.268 e. The molecular formula is C20H16F5NO2. The molecule has 1 heterocycles. The van der Waals surface area contributed by atoms with E-state index < -0.39 is 46.6 Å². The Morgan fingerprint density at radius 3 is 1.68 bits per heavy atom. The van der Waals surface area contributed by atoms with Crippen LogP contribution in [0, 0.1) is 29.1 Å². The van der Waals surface area contributed by atoms with Gasteiger partial charge in [0.25, 0.3) is 11.8 Å². The molecule has 0 radical (unpaired) electrons. The second-order valence-electron chi connectivity index (χ2n) is 6.34.